The van der Waals surface area contributed by atoms with Crippen LogP contribution in [0.25, 0.3) is 0 Å². The fourth-order valence-electron chi connectivity index (χ4n) is 4.07. The van der Waals surface area contributed by atoms with E-state index in [4.69, 9.17) is 9.47 Å². The zero-order valence-electron chi connectivity index (χ0n) is 16.3. The predicted molar refractivity (Wildman–Crippen MR) is 104 cm³/mol. The van der Waals surface area contributed by atoms with Gasteiger partial charge in [-0.05, 0) is 44.4 Å². The number of aryl methyl sites for hydroxylation is 2. The van der Waals surface area contributed by atoms with Crippen LogP contribution in [0.1, 0.15) is 47.8 Å². The highest BCUT2D eigenvalue weighted by atomic mass is 16.5. The maximum absolute atomic E-state index is 13.1. The number of hydrogen-bond donors (Lipinski definition) is 1. The van der Waals surface area contributed by atoms with Gasteiger partial charge < -0.3 is 19.4 Å². The number of fused-ring (bicyclic) bond motifs is 1. The van der Waals surface area contributed by atoms with E-state index in [0.29, 0.717) is 24.6 Å². The van der Waals surface area contributed by atoms with Gasteiger partial charge in [-0.3, -0.25) is 4.79 Å². The van der Waals surface area contributed by atoms with E-state index < -0.39 is 0 Å². The number of hydrogen-bond acceptors (Lipinski definition) is 5. The van der Waals surface area contributed by atoms with E-state index >= 15 is 0 Å². The number of ether oxygens (including phenoxy) is 2. The third-order valence-electron chi connectivity index (χ3n) is 5.51. The first kappa shape index (κ1) is 18.5. The van der Waals surface area contributed by atoms with Gasteiger partial charge >= 0.3 is 5.69 Å². The molecule has 1 saturated heterocycles. The Bertz CT molecular complexity index is 927. The summed E-state index contributed by atoms with van der Waals surface area (Å²) in [6.45, 7) is 5.61. The molecule has 0 radical (unpaired) electrons. The van der Waals surface area contributed by atoms with Crippen molar-refractivity contribution >= 4 is 5.91 Å². The summed E-state index contributed by atoms with van der Waals surface area (Å²) >= 11 is 0. The maximum atomic E-state index is 13.1. The lowest BCUT2D eigenvalue weighted by atomic mass is 10.0. The van der Waals surface area contributed by atoms with Crippen LogP contribution in [-0.4, -0.2) is 40.5 Å². The summed E-state index contributed by atoms with van der Waals surface area (Å²) in [5, 5.41) is 0. The van der Waals surface area contributed by atoms with E-state index in [1.807, 2.05) is 30.0 Å². The minimum absolute atomic E-state index is 0.0287. The summed E-state index contributed by atoms with van der Waals surface area (Å²) < 4.78 is 11.5. The van der Waals surface area contributed by atoms with Crippen molar-refractivity contribution in [3.63, 3.8) is 0 Å². The van der Waals surface area contributed by atoms with Crippen molar-refractivity contribution in [2.45, 2.75) is 45.6 Å². The molecular weight excluding hydrogens is 358 g/mol. The van der Waals surface area contributed by atoms with E-state index in [2.05, 4.69) is 9.97 Å². The zero-order chi connectivity index (χ0) is 19.7. The monoisotopic (exact) mass is 383 g/mol. The Balaban J connectivity index is 1.56. The average molecular weight is 383 g/mol. The highest BCUT2D eigenvalue weighted by Gasteiger charge is 2.31. The van der Waals surface area contributed by atoms with Gasteiger partial charge in [0.25, 0.3) is 0 Å². The quantitative estimate of drug-likeness (QED) is 0.880. The van der Waals surface area contributed by atoms with Gasteiger partial charge in [-0.1, -0.05) is 6.07 Å². The number of carbonyl (C=O) groups excluding carboxylic acids is 1. The van der Waals surface area contributed by atoms with Crippen molar-refractivity contribution in [2.75, 3.05) is 19.8 Å². The van der Waals surface area contributed by atoms with Crippen LogP contribution in [-0.2, 0) is 11.2 Å². The highest BCUT2D eigenvalue weighted by molar-refractivity contribution is 5.80. The fraction of sp³-hybridized carbons (Fsp3) is 0.476. The Kier molecular flexibility index (Phi) is 5.07. The minimum atomic E-state index is -0.377. The molecule has 0 aliphatic carbocycles. The SMILES string of the molecule is Cc1nc(=O)[nH]c(C)c1CC(=O)N1CCC[C@@H]1c1ccc2c(c1)OCCCO2. The van der Waals surface area contributed by atoms with Gasteiger partial charge in [0, 0.05) is 29.9 Å². The summed E-state index contributed by atoms with van der Waals surface area (Å²) in [7, 11) is 0. The molecular formula is C21H25N3O4. The number of nitrogens with one attached hydrogen (secondary N) is 1. The van der Waals surface area contributed by atoms with Crippen LogP contribution in [0.5, 0.6) is 11.5 Å². The summed E-state index contributed by atoms with van der Waals surface area (Å²) in [6, 6.07) is 6.01. The van der Waals surface area contributed by atoms with Crippen LogP contribution < -0.4 is 15.2 Å². The van der Waals surface area contributed by atoms with E-state index in [0.717, 1.165) is 48.4 Å². The Morgan fingerprint density at radius 1 is 1.21 bits per heavy atom. The molecule has 7 heteroatoms. The molecule has 0 unspecified atom stereocenters. The molecule has 1 fully saturated rings. The second-order valence-electron chi connectivity index (χ2n) is 7.41. The van der Waals surface area contributed by atoms with Crippen LogP contribution >= 0.6 is 0 Å². The lowest BCUT2D eigenvalue weighted by molar-refractivity contribution is -0.131. The smallest absolute Gasteiger partial charge is 0.345 e. The van der Waals surface area contributed by atoms with Gasteiger partial charge in [-0.25, -0.2) is 4.79 Å². The molecule has 2 aromatic rings. The number of benzene rings is 1. The molecule has 3 heterocycles. The molecule has 2 aliphatic rings. The van der Waals surface area contributed by atoms with Crippen molar-refractivity contribution in [1.82, 2.24) is 14.9 Å². The summed E-state index contributed by atoms with van der Waals surface area (Å²) in [5.74, 6) is 1.57. The number of aromatic nitrogens is 2. The number of rotatable bonds is 3. The molecule has 7 nitrogen and oxygen atoms in total. The molecule has 1 aromatic carbocycles. The van der Waals surface area contributed by atoms with Gasteiger partial charge in [0.05, 0.1) is 25.7 Å². The van der Waals surface area contributed by atoms with Crippen LogP contribution in [0.4, 0.5) is 0 Å². The molecule has 1 N–H and O–H groups in total. The Morgan fingerprint density at radius 3 is 2.79 bits per heavy atom. The normalized spacial score (nSPS) is 18.8. The van der Waals surface area contributed by atoms with E-state index in [-0.39, 0.29) is 24.1 Å². The van der Waals surface area contributed by atoms with Gasteiger partial charge in [0.2, 0.25) is 5.91 Å². The third kappa shape index (κ3) is 3.61. The molecule has 1 atom stereocenters. The second-order valence-corrected chi connectivity index (χ2v) is 7.41. The number of aromatic amines is 1. The van der Waals surface area contributed by atoms with Crippen molar-refractivity contribution in [3.8, 4) is 11.5 Å². The van der Waals surface area contributed by atoms with Crippen molar-refractivity contribution in [2.24, 2.45) is 0 Å². The zero-order valence-corrected chi connectivity index (χ0v) is 16.3. The Hall–Kier alpha value is -2.83. The number of nitrogens with zero attached hydrogens (tertiary/aromatic N) is 2. The lowest BCUT2D eigenvalue weighted by Gasteiger charge is -2.26. The van der Waals surface area contributed by atoms with Gasteiger partial charge in [0.15, 0.2) is 11.5 Å². The molecule has 0 bridgehead atoms. The van der Waals surface area contributed by atoms with Crippen molar-refractivity contribution < 1.29 is 14.3 Å². The van der Waals surface area contributed by atoms with E-state index in [1.165, 1.54) is 0 Å². The predicted octanol–water partition coefficient (Wildman–Crippen LogP) is 2.45. The van der Waals surface area contributed by atoms with Gasteiger partial charge in [-0.2, -0.15) is 4.98 Å². The van der Waals surface area contributed by atoms with Crippen molar-refractivity contribution in [3.05, 3.63) is 51.2 Å². The average Bonchev–Trinajstić information content (AvgIpc) is 3.03. The van der Waals surface area contributed by atoms with Crippen LogP contribution in [0.3, 0.4) is 0 Å². The first-order valence-corrected chi connectivity index (χ1v) is 9.78. The summed E-state index contributed by atoms with van der Waals surface area (Å²) in [4.78, 5) is 33.1. The van der Waals surface area contributed by atoms with Gasteiger partial charge in [-0.15, -0.1) is 0 Å². The molecule has 0 spiro atoms. The number of likely N-dealkylation sites (tertiary alicyclic amines) is 1. The number of carbonyl (C=O) groups is 1. The molecule has 28 heavy (non-hydrogen) atoms. The number of H-pyrrole nitrogens is 1. The van der Waals surface area contributed by atoms with Crippen LogP contribution in [0.15, 0.2) is 23.0 Å². The molecule has 1 aromatic heterocycles. The third-order valence-corrected chi connectivity index (χ3v) is 5.51. The molecule has 148 valence electrons. The molecule has 2 aliphatic heterocycles. The first-order valence-electron chi connectivity index (χ1n) is 9.78. The van der Waals surface area contributed by atoms with Gasteiger partial charge in [0.1, 0.15) is 0 Å². The summed E-state index contributed by atoms with van der Waals surface area (Å²) in [6.07, 6.45) is 2.99. The molecule has 0 saturated carbocycles. The molecule has 1 amide bonds. The maximum Gasteiger partial charge on any atom is 0.345 e. The Morgan fingerprint density at radius 2 is 2.00 bits per heavy atom. The van der Waals surface area contributed by atoms with E-state index in [1.54, 1.807) is 6.92 Å². The summed E-state index contributed by atoms with van der Waals surface area (Å²) in [5.41, 5.74) is 2.81. The topological polar surface area (TPSA) is 84.5 Å². The highest BCUT2D eigenvalue weighted by Crippen LogP contribution is 2.38. The molecule has 4 rings (SSSR count). The van der Waals surface area contributed by atoms with Crippen LogP contribution in [0, 0.1) is 13.8 Å². The standard InChI is InChI=1S/C21H25N3O4/c1-13-16(14(2)23-21(26)22-13)12-20(25)24-8-3-5-17(24)15-6-7-18-19(11-15)28-10-4-9-27-18/h6-7,11,17H,3-5,8-10,12H2,1-2H3,(H,22,23,26)/t17-/m1/s1. The largest absolute Gasteiger partial charge is 0.490 e. The van der Waals surface area contributed by atoms with E-state index in [9.17, 15) is 9.59 Å². The fourth-order valence-corrected chi connectivity index (χ4v) is 4.07. The number of amides is 1. The lowest BCUT2D eigenvalue weighted by Crippen LogP contribution is -2.32. The van der Waals surface area contributed by atoms with Crippen molar-refractivity contribution in [1.29, 1.82) is 0 Å². The van der Waals surface area contributed by atoms with Crippen LogP contribution in [0.2, 0.25) is 0 Å². The Labute approximate surface area is 163 Å². The minimum Gasteiger partial charge on any atom is -0.490 e. The second kappa shape index (κ2) is 7.66. The first-order chi connectivity index (χ1) is 13.5.